The van der Waals surface area contributed by atoms with E-state index in [4.69, 9.17) is 21.4 Å². The first-order valence-electron chi connectivity index (χ1n) is 4.86. The molecule has 0 aliphatic heterocycles. The quantitative estimate of drug-likeness (QED) is 0.846. The van der Waals surface area contributed by atoms with Crippen LogP contribution in [-0.4, -0.2) is 30.7 Å². The summed E-state index contributed by atoms with van der Waals surface area (Å²) in [7, 11) is 1.50. The smallest absolute Gasteiger partial charge is 0.337 e. The predicted molar refractivity (Wildman–Crippen MR) is 63.5 cm³/mol. The van der Waals surface area contributed by atoms with Crippen molar-refractivity contribution in [1.82, 2.24) is 0 Å². The molecule has 17 heavy (non-hydrogen) atoms. The first-order valence-corrected chi connectivity index (χ1v) is 5.24. The SMILES string of the molecule is COCCC(=O)Nc1ccc(Cl)c(C(=O)O)c1. The second-order valence-electron chi connectivity index (χ2n) is 3.29. The molecule has 92 valence electrons. The van der Waals surface area contributed by atoms with E-state index in [1.54, 1.807) is 6.07 Å². The number of benzene rings is 1. The molecule has 0 atom stereocenters. The molecule has 2 N–H and O–H groups in total. The number of amides is 1. The molecule has 0 aliphatic carbocycles. The van der Waals surface area contributed by atoms with Crippen molar-refractivity contribution in [3.8, 4) is 0 Å². The van der Waals surface area contributed by atoms with Crippen molar-refractivity contribution in [3.63, 3.8) is 0 Å². The van der Waals surface area contributed by atoms with Gasteiger partial charge in [0.05, 0.1) is 23.6 Å². The predicted octanol–water partition coefficient (Wildman–Crippen LogP) is 2.01. The number of ether oxygens (including phenoxy) is 1. The Balaban J connectivity index is 2.75. The molecule has 1 aromatic rings. The van der Waals surface area contributed by atoms with Gasteiger partial charge in [0.25, 0.3) is 0 Å². The summed E-state index contributed by atoms with van der Waals surface area (Å²) in [6.45, 7) is 0.311. The number of rotatable bonds is 5. The minimum atomic E-state index is -1.14. The van der Waals surface area contributed by atoms with Crippen molar-refractivity contribution >= 4 is 29.2 Å². The molecule has 0 spiro atoms. The molecular weight excluding hydrogens is 246 g/mol. The maximum Gasteiger partial charge on any atom is 0.337 e. The van der Waals surface area contributed by atoms with Crippen molar-refractivity contribution in [2.45, 2.75) is 6.42 Å². The van der Waals surface area contributed by atoms with Crippen LogP contribution in [0.15, 0.2) is 18.2 Å². The van der Waals surface area contributed by atoms with E-state index in [0.29, 0.717) is 12.3 Å². The van der Waals surface area contributed by atoms with Gasteiger partial charge in [-0.3, -0.25) is 4.79 Å². The number of carboxylic acids is 1. The van der Waals surface area contributed by atoms with E-state index in [2.05, 4.69) is 5.32 Å². The van der Waals surface area contributed by atoms with Crippen LogP contribution in [0.25, 0.3) is 0 Å². The lowest BCUT2D eigenvalue weighted by molar-refractivity contribution is -0.117. The zero-order chi connectivity index (χ0) is 12.8. The third-order valence-corrected chi connectivity index (χ3v) is 2.34. The van der Waals surface area contributed by atoms with Gasteiger partial charge in [-0.1, -0.05) is 11.6 Å². The van der Waals surface area contributed by atoms with E-state index >= 15 is 0 Å². The lowest BCUT2D eigenvalue weighted by Gasteiger charge is -2.06. The second kappa shape index (κ2) is 6.22. The van der Waals surface area contributed by atoms with Gasteiger partial charge in [0.15, 0.2) is 0 Å². The Kier molecular flexibility index (Phi) is 4.93. The van der Waals surface area contributed by atoms with E-state index in [0.717, 1.165) is 0 Å². The van der Waals surface area contributed by atoms with Gasteiger partial charge in [0.1, 0.15) is 0 Å². The summed E-state index contributed by atoms with van der Waals surface area (Å²) in [4.78, 5) is 22.2. The maximum absolute atomic E-state index is 11.4. The van der Waals surface area contributed by atoms with E-state index in [-0.39, 0.29) is 22.9 Å². The van der Waals surface area contributed by atoms with E-state index in [1.807, 2.05) is 0 Å². The number of aromatic carboxylic acids is 1. The van der Waals surface area contributed by atoms with Crippen molar-refractivity contribution in [3.05, 3.63) is 28.8 Å². The zero-order valence-corrected chi connectivity index (χ0v) is 9.95. The third-order valence-electron chi connectivity index (χ3n) is 2.01. The van der Waals surface area contributed by atoms with Crippen molar-refractivity contribution in [1.29, 1.82) is 0 Å². The minimum Gasteiger partial charge on any atom is -0.478 e. The average molecular weight is 258 g/mol. The van der Waals surface area contributed by atoms with Gasteiger partial charge < -0.3 is 15.2 Å². The summed E-state index contributed by atoms with van der Waals surface area (Å²) in [5.74, 6) is -1.38. The van der Waals surface area contributed by atoms with Crippen LogP contribution in [0.1, 0.15) is 16.8 Å². The molecule has 0 unspecified atom stereocenters. The first kappa shape index (κ1) is 13.5. The molecule has 0 radical (unpaired) electrons. The van der Waals surface area contributed by atoms with Crippen molar-refractivity contribution < 1.29 is 19.4 Å². The molecule has 0 aromatic heterocycles. The summed E-state index contributed by atoms with van der Waals surface area (Å²) in [6, 6.07) is 4.28. The van der Waals surface area contributed by atoms with Crippen LogP contribution >= 0.6 is 11.6 Å². The highest BCUT2D eigenvalue weighted by atomic mass is 35.5. The van der Waals surface area contributed by atoms with Gasteiger partial charge in [-0.2, -0.15) is 0 Å². The number of carbonyl (C=O) groups excluding carboxylic acids is 1. The molecule has 5 nitrogen and oxygen atoms in total. The normalized spacial score (nSPS) is 10.0. The summed E-state index contributed by atoms with van der Waals surface area (Å²) in [5, 5.41) is 11.5. The third kappa shape index (κ3) is 4.05. The standard InChI is InChI=1S/C11H12ClNO4/c1-17-5-4-10(14)13-7-2-3-9(12)8(6-7)11(15)16/h2-3,6H,4-5H2,1H3,(H,13,14)(H,15,16). The number of anilines is 1. The number of carbonyl (C=O) groups is 2. The molecular formula is C11H12ClNO4. The fourth-order valence-electron chi connectivity index (χ4n) is 1.19. The zero-order valence-electron chi connectivity index (χ0n) is 9.20. The van der Waals surface area contributed by atoms with E-state index < -0.39 is 5.97 Å². The van der Waals surface area contributed by atoms with Crippen LogP contribution in [0, 0.1) is 0 Å². The highest BCUT2D eigenvalue weighted by Gasteiger charge is 2.10. The van der Waals surface area contributed by atoms with E-state index in [9.17, 15) is 9.59 Å². The number of carboxylic acid groups (broad SMARTS) is 1. The molecule has 0 saturated carbocycles. The van der Waals surface area contributed by atoms with Crippen LogP contribution in [0.2, 0.25) is 5.02 Å². The number of hydrogen-bond acceptors (Lipinski definition) is 3. The first-order chi connectivity index (χ1) is 8.04. The molecule has 1 aromatic carbocycles. The fourth-order valence-corrected chi connectivity index (χ4v) is 1.38. The summed E-state index contributed by atoms with van der Waals surface area (Å²) in [5.41, 5.74) is 0.351. The van der Waals surface area contributed by atoms with Gasteiger partial charge >= 0.3 is 5.97 Å². The lowest BCUT2D eigenvalue weighted by atomic mass is 10.2. The largest absolute Gasteiger partial charge is 0.478 e. The number of methoxy groups -OCH3 is 1. The van der Waals surface area contributed by atoms with Crippen LogP contribution in [0.5, 0.6) is 0 Å². The second-order valence-corrected chi connectivity index (χ2v) is 3.70. The molecule has 0 bridgehead atoms. The number of hydrogen-bond donors (Lipinski definition) is 2. The topological polar surface area (TPSA) is 75.6 Å². The van der Waals surface area contributed by atoms with Crippen molar-refractivity contribution in [2.24, 2.45) is 0 Å². The highest BCUT2D eigenvalue weighted by Crippen LogP contribution is 2.20. The van der Waals surface area contributed by atoms with Gasteiger partial charge in [0.2, 0.25) is 5.91 Å². The van der Waals surface area contributed by atoms with Crippen molar-refractivity contribution in [2.75, 3.05) is 19.0 Å². The number of halogens is 1. The highest BCUT2D eigenvalue weighted by molar-refractivity contribution is 6.33. The lowest BCUT2D eigenvalue weighted by Crippen LogP contribution is -2.14. The van der Waals surface area contributed by atoms with Crippen LogP contribution in [-0.2, 0) is 9.53 Å². The summed E-state index contributed by atoms with van der Waals surface area (Å²) < 4.78 is 4.76. The van der Waals surface area contributed by atoms with Gasteiger partial charge in [0, 0.05) is 12.8 Å². The fraction of sp³-hybridized carbons (Fsp3) is 0.273. The molecule has 1 rings (SSSR count). The molecule has 0 saturated heterocycles. The number of nitrogens with one attached hydrogen (secondary N) is 1. The van der Waals surface area contributed by atoms with Gasteiger partial charge in [-0.25, -0.2) is 4.79 Å². The summed E-state index contributed by atoms with van der Waals surface area (Å²) in [6.07, 6.45) is 0.210. The Morgan fingerprint density at radius 1 is 1.47 bits per heavy atom. The Morgan fingerprint density at radius 2 is 2.18 bits per heavy atom. The average Bonchev–Trinajstić information content (AvgIpc) is 2.28. The van der Waals surface area contributed by atoms with Crippen LogP contribution in [0.4, 0.5) is 5.69 Å². The van der Waals surface area contributed by atoms with Crippen LogP contribution < -0.4 is 5.32 Å². The van der Waals surface area contributed by atoms with Gasteiger partial charge in [-0.15, -0.1) is 0 Å². The monoisotopic (exact) mass is 257 g/mol. The maximum atomic E-state index is 11.4. The van der Waals surface area contributed by atoms with Gasteiger partial charge in [-0.05, 0) is 18.2 Å². The minimum absolute atomic E-state index is 0.0452. The Hall–Kier alpha value is -1.59. The summed E-state index contributed by atoms with van der Waals surface area (Å²) >= 11 is 5.70. The molecule has 0 fully saturated rings. The molecule has 6 heteroatoms. The van der Waals surface area contributed by atoms with E-state index in [1.165, 1.54) is 19.2 Å². The molecule has 1 amide bonds. The molecule has 0 aliphatic rings. The van der Waals surface area contributed by atoms with Crippen LogP contribution in [0.3, 0.4) is 0 Å². The Bertz CT molecular complexity index is 433. The molecule has 0 heterocycles. The Morgan fingerprint density at radius 3 is 2.76 bits per heavy atom. The Labute approximate surface area is 103 Å².